The van der Waals surface area contributed by atoms with E-state index in [1.54, 1.807) is 25.3 Å². The lowest BCUT2D eigenvalue weighted by atomic mass is 10.1. The van der Waals surface area contributed by atoms with E-state index in [-0.39, 0.29) is 12.6 Å². The van der Waals surface area contributed by atoms with Gasteiger partial charge in [-0.1, -0.05) is 6.92 Å². The molecule has 0 saturated heterocycles. The highest BCUT2D eigenvalue weighted by Crippen LogP contribution is 2.19. The monoisotopic (exact) mass is 234 g/mol. The van der Waals surface area contributed by atoms with Crippen molar-refractivity contribution in [2.45, 2.75) is 25.9 Å². The molecule has 0 heterocycles. The van der Waals surface area contributed by atoms with Gasteiger partial charge in [-0.25, -0.2) is 0 Å². The molecule has 0 aliphatic carbocycles. The third-order valence-corrected chi connectivity index (χ3v) is 2.70. The summed E-state index contributed by atoms with van der Waals surface area (Å²) in [4.78, 5) is 0. The van der Waals surface area contributed by atoms with Gasteiger partial charge in [0.05, 0.1) is 25.3 Å². The summed E-state index contributed by atoms with van der Waals surface area (Å²) in [6.45, 7) is 2.70. The fraction of sp³-hybridized carbons (Fsp3) is 0.462. The largest absolute Gasteiger partial charge is 0.496 e. The van der Waals surface area contributed by atoms with Crippen molar-refractivity contribution >= 4 is 0 Å². The first-order valence-corrected chi connectivity index (χ1v) is 5.66. The molecule has 0 bridgehead atoms. The number of ether oxygens (including phenoxy) is 1. The summed E-state index contributed by atoms with van der Waals surface area (Å²) in [7, 11) is 1.61. The third-order valence-electron chi connectivity index (χ3n) is 2.70. The summed E-state index contributed by atoms with van der Waals surface area (Å²) in [6.07, 6.45) is 0.858. The molecule has 0 saturated carbocycles. The number of hydrogen-bond acceptors (Lipinski definition) is 4. The standard InChI is InChI=1S/C13H18N2O2/c1-3-12(9-16)15-8-11-6-10(7-14)4-5-13(11)17-2/h4-6,12,15-16H,3,8-9H2,1-2H3. The molecule has 2 N–H and O–H groups in total. The highest BCUT2D eigenvalue weighted by Gasteiger charge is 2.07. The van der Waals surface area contributed by atoms with Gasteiger partial charge in [0.1, 0.15) is 5.75 Å². The number of nitrogens with zero attached hydrogens (tertiary/aromatic N) is 1. The van der Waals surface area contributed by atoms with E-state index < -0.39 is 0 Å². The van der Waals surface area contributed by atoms with Gasteiger partial charge in [-0.05, 0) is 24.6 Å². The van der Waals surface area contributed by atoms with E-state index in [0.29, 0.717) is 12.1 Å². The summed E-state index contributed by atoms with van der Waals surface area (Å²) in [5.74, 6) is 0.754. The predicted molar refractivity (Wildman–Crippen MR) is 65.7 cm³/mol. The smallest absolute Gasteiger partial charge is 0.123 e. The Morgan fingerprint density at radius 2 is 2.29 bits per heavy atom. The molecule has 0 amide bonds. The molecular formula is C13H18N2O2. The molecule has 0 aliphatic rings. The maximum absolute atomic E-state index is 9.09. The first-order valence-electron chi connectivity index (χ1n) is 5.66. The Hall–Kier alpha value is -1.57. The first-order chi connectivity index (χ1) is 8.24. The topological polar surface area (TPSA) is 65.3 Å². The molecule has 1 atom stereocenters. The molecule has 0 spiro atoms. The lowest BCUT2D eigenvalue weighted by Crippen LogP contribution is -2.31. The van der Waals surface area contributed by atoms with E-state index >= 15 is 0 Å². The summed E-state index contributed by atoms with van der Waals surface area (Å²) in [6, 6.07) is 7.49. The fourth-order valence-electron chi connectivity index (χ4n) is 1.58. The van der Waals surface area contributed by atoms with Crippen LogP contribution in [0.25, 0.3) is 0 Å². The van der Waals surface area contributed by atoms with Crippen LogP contribution in [0.3, 0.4) is 0 Å². The van der Waals surface area contributed by atoms with E-state index in [1.165, 1.54) is 0 Å². The molecule has 17 heavy (non-hydrogen) atoms. The highest BCUT2D eigenvalue weighted by molar-refractivity contribution is 5.41. The van der Waals surface area contributed by atoms with E-state index in [0.717, 1.165) is 17.7 Å². The highest BCUT2D eigenvalue weighted by atomic mass is 16.5. The number of aliphatic hydroxyl groups is 1. The average molecular weight is 234 g/mol. The Bertz CT molecular complexity index is 395. The van der Waals surface area contributed by atoms with Gasteiger partial charge >= 0.3 is 0 Å². The molecule has 0 fully saturated rings. The van der Waals surface area contributed by atoms with Crippen LogP contribution in [0.1, 0.15) is 24.5 Å². The van der Waals surface area contributed by atoms with Crippen molar-refractivity contribution in [1.29, 1.82) is 5.26 Å². The molecule has 0 aromatic heterocycles. The lowest BCUT2D eigenvalue weighted by Gasteiger charge is -2.15. The van der Waals surface area contributed by atoms with Gasteiger partial charge in [0, 0.05) is 18.2 Å². The van der Waals surface area contributed by atoms with Crippen LogP contribution in [0, 0.1) is 11.3 Å². The van der Waals surface area contributed by atoms with Crippen LogP contribution in [0.4, 0.5) is 0 Å². The van der Waals surface area contributed by atoms with Crippen LogP contribution in [0.2, 0.25) is 0 Å². The fourth-order valence-corrected chi connectivity index (χ4v) is 1.58. The molecular weight excluding hydrogens is 216 g/mol. The molecule has 4 heteroatoms. The van der Waals surface area contributed by atoms with Crippen molar-refractivity contribution in [3.05, 3.63) is 29.3 Å². The quantitative estimate of drug-likeness (QED) is 0.781. The van der Waals surface area contributed by atoms with Crippen LogP contribution in [0.5, 0.6) is 5.75 Å². The Kier molecular flexibility index (Phi) is 5.47. The molecule has 0 aliphatic heterocycles. The molecule has 0 radical (unpaired) electrons. The van der Waals surface area contributed by atoms with Gasteiger partial charge in [0.2, 0.25) is 0 Å². The maximum atomic E-state index is 9.09. The van der Waals surface area contributed by atoms with E-state index in [4.69, 9.17) is 15.1 Å². The lowest BCUT2D eigenvalue weighted by molar-refractivity contribution is 0.238. The number of nitrogens with one attached hydrogen (secondary N) is 1. The molecule has 4 nitrogen and oxygen atoms in total. The number of aliphatic hydroxyl groups excluding tert-OH is 1. The van der Waals surface area contributed by atoms with Crippen LogP contribution >= 0.6 is 0 Å². The molecule has 1 aromatic carbocycles. The zero-order chi connectivity index (χ0) is 12.7. The van der Waals surface area contributed by atoms with Gasteiger partial charge in [0.25, 0.3) is 0 Å². The summed E-state index contributed by atoms with van der Waals surface area (Å²) >= 11 is 0. The first kappa shape index (κ1) is 13.5. The van der Waals surface area contributed by atoms with Crippen LogP contribution < -0.4 is 10.1 Å². The second-order valence-corrected chi connectivity index (χ2v) is 3.81. The third kappa shape index (κ3) is 3.74. The van der Waals surface area contributed by atoms with E-state index in [2.05, 4.69) is 11.4 Å². The number of hydrogen-bond donors (Lipinski definition) is 2. The minimum absolute atomic E-state index is 0.0745. The summed E-state index contributed by atoms with van der Waals surface area (Å²) in [5.41, 5.74) is 1.54. The molecule has 1 aromatic rings. The Morgan fingerprint density at radius 1 is 1.53 bits per heavy atom. The van der Waals surface area contributed by atoms with Crippen molar-refractivity contribution in [2.24, 2.45) is 0 Å². The van der Waals surface area contributed by atoms with Crippen molar-refractivity contribution in [3.63, 3.8) is 0 Å². The Labute approximate surface area is 102 Å². The van der Waals surface area contributed by atoms with Crippen molar-refractivity contribution in [3.8, 4) is 11.8 Å². The minimum Gasteiger partial charge on any atom is -0.496 e. The van der Waals surface area contributed by atoms with Gasteiger partial charge in [0.15, 0.2) is 0 Å². The molecule has 1 rings (SSSR count). The molecule has 92 valence electrons. The van der Waals surface area contributed by atoms with Gasteiger partial charge in [-0.3, -0.25) is 0 Å². The van der Waals surface area contributed by atoms with Crippen molar-refractivity contribution < 1.29 is 9.84 Å². The number of rotatable bonds is 6. The van der Waals surface area contributed by atoms with Crippen LogP contribution in [-0.2, 0) is 6.54 Å². The number of benzene rings is 1. The summed E-state index contributed by atoms with van der Waals surface area (Å²) < 4.78 is 5.23. The normalized spacial score (nSPS) is 11.9. The van der Waals surface area contributed by atoms with E-state index in [9.17, 15) is 0 Å². The van der Waals surface area contributed by atoms with Crippen LogP contribution in [0.15, 0.2) is 18.2 Å². The van der Waals surface area contributed by atoms with Gasteiger partial charge in [-0.2, -0.15) is 5.26 Å². The van der Waals surface area contributed by atoms with Crippen LogP contribution in [-0.4, -0.2) is 24.9 Å². The SMILES string of the molecule is CCC(CO)NCc1cc(C#N)ccc1OC. The Morgan fingerprint density at radius 3 is 2.82 bits per heavy atom. The second kappa shape index (κ2) is 6.89. The average Bonchev–Trinajstić information content (AvgIpc) is 2.39. The second-order valence-electron chi connectivity index (χ2n) is 3.81. The van der Waals surface area contributed by atoms with Gasteiger partial charge in [-0.15, -0.1) is 0 Å². The number of methoxy groups -OCH3 is 1. The zero-order valence-electron chi connectivity index (χ0n) is 10.2. The number of nitriles is 1. The molecule has 1 unspecified atom stereocenters. The van der Waals surface area contributed by atoms with E-state index in [1.807, 2.05) is 6.92 Å². The van der Waals surface area contributed by atoms with Crippen molar-refractivity contribution in [1.82, 2.24) is 5.32 Å². The van der Waals surface area contributed by atoms with Crippen molar-refractivity contribution in [2.75, 3.05) is 13.7 Å². The summed E-state index contributed by atoms with van der Waals surface area (Å²) in [5, 5.41) is 21.2. The maximum Gasteiger partial charge on any atom is 0.123 e. The Balaban J connectivity index is 2.78. The predicted octanol–water partition coefficient (Wildman–Crippen LogP) is 1.43. The van der Waals surface area contributed by atoms with Gasteiger partial charge < -0.3 is 15.2 Å². The zero-order valence-corrected chi connectivity index (χ0v) is 10.2. The minimum atomic E-state index is 0.0745.